The van der Waals surface area contributed by atoms with Crippen molar-refractivity contribution < 1.29 is 19.5 Å². The maximum atomic E-state index is 12.3. The maximum Gasteiger partial charge on any atom is 0.306 e. The molecule has 118 valence electrons. The van der Waals surface area contributed by atoms with Crippen LogP contribution in [-0.2, 0) is 14.4 Å². The van der Waals surface area contributed by atoms with Crippen LogP contribution in [-0.4, -0.2) is 46.9 Å². The molecule has 1 saturated carbocycles. The van der Waals surface area contributed by atoms with Crippen LogP contribution in [0.5, 0.6) is 0 Å². The van der Waals surface area contributed by atoms with Gasteiger partial charge in [0.25, 0.3) is 0 Å². The number of carbonyl (C=O) groups is 3. The van der Waals surface area contributed by atoms with Crippen LogP contribution in [0.25, 0.3) is 0 Å². The molecule has 6 nitrogen and oxygen atoms in total. The molecule has 2 aliphatic rings. The molecule has 0 bridgehead atoms. The Labute approximate surface area is 124 Å². The Morgan fingerprint density at radius 2 is 1.71 bits per heavy atom. The summed E-state index contributed by atoms with van der Waals surface area (Å²) in [4.78, 5) is 36.3. The quantitative estimate of drug-likeness (QED) is 0.813. The number of nitrogens with one attached hydrogen (secondary N) is 1. The van der Waals surface area contributed by atoms with Gasteiger partial charge in [0.2, 0.25) is 11.8 Å². The number of aliphatic carboxylic acids is 1. The summed E-state index contributed by atoms with van der Waals surface area (Å²) in [5.74, 6) is -1.08. The molecule has 0 spiro atoms. The second-order valence-corrected chi connectivity index (χ2v) is 6.20. The van der Waals surface area contributed by atoms with Crippen LogP contribution in [0, 0.1) is 11.8 Å². The summed E-state index contributed by atoms with van der Waals surface area (Å²) < 4.78 is 0. The van der Waals surface area contributed by atoms with Crippen molar-refractivity contribution in [2.75, 3.05) is 13.1 Å². The predicted molar refractivity (Wildman–Crippen MR) is 76.5 cm³/mol. The summed E-state index contributed by atoms with van der Waals surface area (Å²) in [5.41, 5.74) is 0. The van der Waals surface area contributed by atoms with Gasteiger partial charge in [-0.05, 0) is 38.5 Å². The Morgan fingerprint density at radius 3 is 2.29 bits per heavy atom. The SMILES string of the molecule is CC(=O)N1CCC[C@@H](C(=O)NC2CCC(C(=O)O)CC2)C1. The van der Waals surface area contributed by atoms with Gasteiger partial charge in [-0.25, -0.2) is 0 Å². The molecule has 1 heterocycles. The second-order valence-electron chi connectivity index (χ2n) is 6.20. The molecular weight excluding hydrogens is 272 g/mol. The number of hydrogen-bond acceptors (Lipinski definition) is 3. The van der Waals surface area contributed by atoms with Gasteiger partial charge in [0, 0.05) is 26.1 Å². The number of carboxylic acids is 1. The monoisotopic (exact) mass is 296 g/mol. The summed E-state index contributed by atoms with van der Waals surface area (Å²) in [6.45, 7) is 2.78. The molecule has 1 aliphatic carbocycles. The number of carboxylic acid groups (broad SMARTS) is 1. The number of hydrogen-bond donors (Lipinski definition) is 2. The van der Waals surface area contributed by atoms with Gasteiger partial charge in [-0.1, -0.05) is 0 Å². The van der Waals surface area contributed by atoms with Crippen molar-refractivity contribution in [2.24, 2.45) is 11.8 Å². The summed E-state index contributed by atoms with van der Waals surface area (Å²) >= 11 is 0. The Hall–Kier alpha value is -1.59. The van der Waals surface area contributed by atoms with E-state index in [1.807, 2.05) is 0 Å². The zero-order valence-corrected chi connectivity index (χ0v) is 12.5. The zero-order valence-electron chi connectivity index (χ0n) is 12.5. The van der Waals surface area contributed by atoms with Crippen LogP contribution in [0.1, 0.15) is 45.4 Å². The van der Waals surface area contributed by atoms with E-state index in [1.165, 1.54) is 6.92 Å². The average molecular weight is 296 g/mol. The first-order chi connectivity index (χ1) is 9.97. The number of nitrogens with zero attached hydrogens (tertiary/aromatic N) is 1. The molecule has 2 N–H and O–H groups in total. The molecule has 0 aromatic heterocycles. The van der Waals surface area contributed by atoms with E-state index in [0.29, 0.717) is 19.4 Å². The molecule has 1 saturated heterocycles. The Bertz CT molecular complexity index is 416. The fourth-order valence-corrected chi connectivity index (χ4v) is 3.28. The number of likely N-dealkylation sites (tertiary alicyclic amines) is 1. The molecule has 0 aromatic carbocycles. The lowest BCUT2D eigenvalue weighted by atomic mass is 9.85. The first-order valence-electron chi connectivity index (χ1n) is 7.76. The molecule has 2 fully saturated rings. The highest BCUT2D eigenvalue weighted by Gasteiger charge is 2.31. The van der Waals surface area contributed by atoms with Crippen molar-refractivity contribution in [2.45, 2.75) is 51.5 Å². The molecule has 0 unspecified atom stereocenters. The fraction of sp³-hybridized carbons (Fsp3) is 0.800. The van der Waals surface area contributed by atoms with E-state index in [4.69, 9.17) is 5.11 Å². The van der Waals surface area contributed by atoms with E-state index in [-0.39, 0.29) is 29.7 Å². The number of rotatable bonds is 3. The lowest BCUT2D eigenvalue weighted by Crippen LogP contribution is -2.48. The van der Waals surface area contributed by atoms with Gasteiger partial charge in [0.15, 0.2) is 0 Å². The first-order valence-corrected chi connectivity index (χ1v) is 7.76. The Balaban J connectivity index is 1.79. The van der Waals surface area contributed by atoms with Gasteiger partial charge in [0.1, 0.15) is 0 Å². The summed E-state index contributed by atoms with van der Waals surface area (Å²) in [6, 6.07) is 0.0841. The van der Waals surface area contributed by atoms with Crippen molar-refractivity contribution in [1.29, 1.82) is 0 Å². The van der Waals surface area contributed by atoms with E-state index >= 15 is 0 Å². The highest BCUT2D eigenvalue weighted by atomic mass is 16.4. The fourth-order valence-electron chi connectivity index (χ4n) is 3.28. The van der Waals surface area contributed by atoms with Crippen LogP contribution in [0.3, 0.4) is 0 Å². The molecule has 6 heteroatoms. The average Bonchev–Trinajstić information content (AvgIpc) is 2.48. The number of amides is 2. The maximum absolute atomic E-state index is 12.3. The molecule has 0 radical (unpaired) electrons. The third kappa shape index (κ3) is 4.19. The van der Waals surface area contributed by atoms with Crippen molar-refractivity contribution >= 4 is 17.8 Å². The van der Waals surface area contributed by atoms with Crippen LogP contribution in [0.15, 0.2) is 0 Å². The van der Waals surface area contributed by atoms with Gasteiger partial charge in [0.05, 0.1) is 11.8 Å². The number of carbonyl (C=O) groups excluding carboxylic acids is 2. The Morgan fingerprint density at radius 1 is 1.05 bits per heavy atom. The first kappa shape index (κ1) is 15.8. The third-order valence-corrected chi connectivity index (χ3v) is 4.66. The van der Waals surface area contributed by atoms with Gasteiger partial charge in [-0.2, -0.15) is 0 Å². The van der Waals surface area contributed by atoms with Gasteiger partial charge in [-0.15, -0.1) is 0 Å². The lowest BCUT2D eigenvalue weighted by Gasteiger charge is -2.33. The Kier molecular flexibility index (Phi) is 5.20. The highest BCUT2D eigenvalue weighted by Crippen LogP contribution is 2.25. The zero-order chi connectivity index (χ0) is 15.4. The van der Waals surface area contributed by atoms with E-state index in [2.05, 4.69) is 5.32 Å². The highest BCUT2D eigenvalue weighted by molar-refractivity contribution is 5.81. The van der Waals surface area contributed by atoms with Gasteiger partial charge >= 0.3 is 5.97 Å². The number of piperidine rings is 1. The molecule has 0 aromatic rings. The van der Waals surface area contributed by atoms with E-state index in [1.54, 1.807) is 4.90 Å². The standard InChI is InChI=1S/C15H24N2O4/c1-10(18)17-8-2-3-12(9-17)14(19)16-13-6-4-11(5-7-13)15(20)21/h11-13H,2-9H2,1H3,(H,16,19)(H,20,21)/t11?,12-,13?/m1/s1. The second kappa shape index (κ2) is 6.91. The van der Waals surface area contributed by atoms with Crippen LogP contribution in [0.2, 0.25) is 0 Å². The normalized spacial score (nSPS) is 29.8. The largest absolute Gasteiger partial charge is 0.481 e. The molecule has 2 rings (SSSR count). The molecular formula is C15H24N2O4. The summed E-state index contributed by atoms with van der Waals surface area (Å²) in [5, 5.41) is 12.0. The third-order valence-electron chi connectivity index (χ3n) is 4.66. The van der Waals surface area contributed by atoms with Gasteiger partial charge < -0.3 is 15.3 Å². The topological polar surface area (TPSA) is 86.7 Å². The summed E-state index contributed by atoms with van der Waals surface area (Å²) in [7, 11) is 0. The smallest absolute Gasteiger partial charge is 0.306 e. The van der Waals surface area contributed by atoms with E-state index in [9.17, 15) is 14.4 Å². The molecule has 2 amide bonds. The molecule has 1 atom stereocenters. The predicted octanol–water partition coefficient (Wildman–Crippen LogP) is 1.00. The minimum Gasteiger partial charge on any atom is -0.481 e. The summed E-state index contributed by atoms with van der Waals surface area (Å²) in [6.07, 6.45) is 4.40. The molecule has 1 aliphatic heterocycles. The van der Waals surface area contributed by atoms with Crippen molar-refractivity contribution in [3.8, 4) is 0 Å². The van der Waals surface area contributed by atoms with E-state index in [0.717, 1.165) is 32.2 Å². The lowest BCUT2D eigenvalue weighted by molar-refractivity contribution is -0.142. The van der Waals surface area contributed by atoms with Crippen LogP contribution >= 0.6 is 0 Å². The van der Waals surface area contributed by atoms with Crippen LogP contribution in [0.4, 0.5) is 0 Å². The minimum atomic E-state index is -0.732. The van der Waals surface area contributed by atoms with Crippen LogP contribution < -0.4 is 5.32 Å². The van der Waals surface area contributed by atoms with E-state index < -0.39 is 5.97 Å². The minimum absolute atomic E-state index is 0.0136. The van der Waals surface area contributed by atoms with Crippen molar-refractivity contribution in [3.63, 3.8) is 0 Å². The van der Waals surface area contributed by atoms with Crippen molar-refractivity contribution in [3.05, 3.63) is 0 Å². The van der Waals surface area contributed by atoms with Gasteiger partial charge in [-0.3, -0.25) is 14.4 Å². The van der Waals surface area contributed by atoms with Crippen molar-refractivity contribution in [1.82, 2.24) is 10.2 Å². The molecule has 21 heavy (non-hydrogen) atoms.